The number of ether oxygens (including phenoxy) is 2. The first-order valence-corrected chi connectivity index (χ1v) is 10.1. The minimum atomic E-state index is -0.270. The Morgan fingerprint density at radius 3 is 2.62 bits per heavy atom. The first-order chi connectivity index (χ1) is 14.0. The zero-order chi connectivity index (χ0) is 20.6. The van der Waals surface area contributed by atoms with E-state index in [0.717, 1.165) is 15.7 Å². The SMILES string of the molecule is COc1ccccc1NC(=O)COc1ccc(CNc2cccc(Cl)c2)cc1Br. The molecule has 0 radical (unpaired) electrons. The van der Waals surface area contributed by atoms with E-state index in [2.05, 4.69) is 26.6 Å². The van der Waals surface area contributed by atoms with Gasteiger partial charge in [0.25, 0.3) is 5.91 Å². The predicted molar refractivity (Wildman–Crippen MR) is 120 cm³/mol. The summed E-state index contributed by atoms with van der Waals surface area (Å²) < 4.78 is 11.6. The zero-order valence-corrected chi connectivity index (χ0v) is 18.1. The van der Waals surface area contributed by atoms with Gasteiger partial charge in [0.1, 0.15) is 11.5 Å². The number of anilines is 2. The van der Waals surface area contributed by atoms with E-state index in [0.29, 0.717) is 28.8 Å². The molecule has 0 aromatic heterocycles. The van der Waals surface area contributed by atoms with E-state index in [4.69, 9.17) is 21.1 Å². The molecule has 0 unspecified atom stereocenters. The second kappa shape index (κ2) is 10.2. The van der Waals surface area contributed by atoms with Crippen LogP contribution in [-0.4, -0.2) is 19.6 Å². The highest BCUT2D eigenvalue weighted by atomic mass is 79.9. The van der Waals surface area contributed by atoms with Crippen molar-refractivity contribution in [3.63, 3.8) is 0 Å². The van der Waals surface area contributed by atoms with E-state index in [1.54, 1.807) is 19.2 Å². The smallest absolute Gasteiger partial charge is 0.262 e. The van der Waals surface area contributed by atoms with Crippen molar-refractivity contribution in [1.82, 2.24) is 0 Å². The van der Waals surface area contributed by atoms with Crippen molar-refractivity contribution in [2.45, 2.75) is 6.54 Å². The Labute approximate surface area is 183 Å². The summed E-state index contributed by atoms with van der Waals surface area (Å²) in [6.45, 7) is 0.518. The molecule has 0 saturated heterocycles. The van der Waals surface area contributed by atoms with Crippen molar-refractivity contribution in [3.05, 3.63) is 81.8 Å². The van der Waals surface area contributed by atoms with Crippen LogP contribution >= 0.6 is 27.5 Å². The summed E-state index contributed by atoms with van der Waals surface area (Å²) in [5.41, 5.74) is 2.61. The summed E-state index contributed by atoms with van der Waals surface area (Å²) in [4.78, 5) is 12.2. The summed E-state index contributed by atoms with van der Waals surface area (Å²) in [6, 6.07) is 20.5. The van der Waals surface area contributed by atoms with E-state index < -0.39 is 0 Å². The molecule has 150 valence electrons. The molecule has 0 heterocycles. The Bertz CT molecular complexity index is 997. The molecule has 29 heavy (non-hydrogen) atoms. The summed E-state index contributed by atoms with van der Waals surface area (Å²) >= 11 is 9.50. The zero-order valence-electron chi connectivity index (χ0n) is 15.7. The van der Waals surface area contributed by atoms with Crippen LogP contribution in [0, 0.1) is 0 Å². The summed E-state index contributed by atoms with van der Waals surface area (Å²) in [7, 11) is 1.56. The van der Waals surface area contributed by atoms with Crippen LogP contribution in [0.3, 0.4) is 0 Å². The molecule has 0 aliphatic carbocycles. The number of benzene rings is 3. The molecular formula is C22H20BrClN2O3. The minimum absolute atomic E-state index is 0.114. The van der Waals surface area contributed by atoms with Crippen LogP contribution < -0.4 is 20.1 Å². The third kappa shape index (κ3) is 6.14. The van der Waals surface area contributed by atoms with Crippen LogP contribution in [0.1, 0.15) is 5.56 Å². The monoisotopic (exact) mass is 474 g/mol. The number of para-hydroxylation sites is 2. The van der Waals surface area contributed by atoms with Gasteiger partial charge in [-0.2, -0.15) is 0 Å². The largest absolute Gasteiger partial charge is 0.495 e. The maximum Gasteiger partial charge on any atom is 0.262 e. The van der Waals surface area contributed by atoms with E-state index >= 15 is 0 Å². The molecule has 0 aliphatic rings. The van der Waals surface area contributed by atoms with Crippen molar-refractivity contribution in [2.75, 3.05) is 24.4 Å². The van der Waals surface area contributed by atoms with Gasteiger partial charge in [-0.1, -0.05) is 35.9 Å². The normalized spacial score (nSPS) is 10.3. The van der Waals surface area contributed by atoms with Crippen LogP contribution in [-0.2, 0) is 11.3 Å². The topological polar surface area (TPSA) is 59.6 Å². The Kier molecular flexibility index (Phi) is 7.38. The molecule has 0 saturated carbocycles. The number of hydrogen-bond acceptors (Lipinski definition) is 4. The Hall–Kier alpha value is -2.70. The maximum absolute atomic E-state index is 12.2. The van der Waals surface area contributed by atoms with Gasteiger partial charge in [0.2, 0.25) is 0 Å². The van der Waals surface area contributed by atoms with Gasteiger partial charge in [0, 0.05) is 17.3 Å². The highest BCUT2D eigenvalue weighted by Crippen LogP contribution is 2.27. The molecule has 3 aromatic carbocycles. The van der Waals surface area contributed by atoms with Crippen molar-refractivity contribution in [3.8, 4) is 11.5 Å². The summed E-state index contributed by atoms with van der Waals surface area (Å²) in [5.74, 6) is 0.915. The van der Waals surface area contributed by atoms with Crippen molar-refractivity contribution >= 4 is 44.8 Å². The Morgan fingerprint density at radius 2 is 1.86 bits per heavy atom. The number of carbonyl (C=O) groups excluding carboxylic acids is 1. The number of carbonyl (C=O) groups is 1. The van der Waals surface area contributed by atoms with Gasteiger partial charge in [-0.3, -0.25) is 4.79 Å². The molecule has 3 aromatic rings. The summed E-state index contributed by atoms with van der Waals surface area (Å²) in [5, 5.41) is 6.78. The lowest BCUT2D eigenvalue weighted by molar-refractivity contribution is -0.118. The quantitative estimate of drug-likeness (QED) is 0.436. The molecule has 0 aliphatic heterocycles. The van der Waals surface area contributed by atoms with Gasteiger partial charge < -0.3 is 20.1 Å². The van der Waals surface area contributed by atoms with Gasteiger partial charge in [0.15, 0.2) is 6.61 Å². The number of rotatable bonds is 8. The van der Waals surface area contributed by atoms with Gasteiger partial charge in [0.05, 0.1) is 17.3 Å². The van der Waals surface area contributed by atoms with Crippen LogP contribution in [0.25, 0.3) is 0 Å². The van der Waals surface area contributed by atoms with Crippen LogP contribution in [0.15, 0.2) is 71.2 Å². The third-order valence-corrected chi connectivity index (χ3v) is 4.91. The van der Waals surface area contributed by atoms with Gasteiger partial charge in [-0.05, 0) is 64.0 Å². The lowest BCUT2D eigenvalue weighted by Crippen LogP contribution is -2.20. The Balaban J connectivity index is 1.54. The molecule has 0 spiro atoms. The first-order valence-electron chi connectivity index (χ1n) is 8.88. The number of nitrogens with one attached hydrogen (secondary N) is 2. The maximum atomic E-state index is 12.2. The number of amides is 1. The van der Waals surface area contributed by atoms with Gasteiger partial charge >= 0.3 is 0 Å². The van der Waals surface area contributed by atoms with Gasteiger partial charge in [-0.15, -0.1) is 0 Å². The number of hydrogen-bond donors (Lipinski definition) is 2. The Morgan fingerprint density at radius 1 is 1.03 bits per heavy atom. The van der Waals surface area contributed by atoms with Crippen LogP contribution in [0.4, 0.5) is 11.4 Å². The standard InChI is InChI=1S/C22H20BrClN2O3/c1-28-21-8-3-2-7-19(21)26-22(27)14-29-20-10-9-15(11-18(20)23)13-25-17-6-4-5-16(24)12-17/h2-12,25H,13-14H2,1H3,(H,26,27). The molecule has 0 atom stereocenters. The molecule has 0 fully saturated rings. The molecule has 3 rings (SSSR count). The molecular weight excluding hydrogens is 456 g/mol. The fraction of sp³-hybridized carbons (Fsp3) is 0.136. The van der Waals surface area contributed by atoms with Crippen LogP contribution in [0.5, 0.6) is 11.5 Å². The average molecular weight is 476 g/mol. The lowest BCUT2D eigenvalue weighted by Gasteiger charge is -2.12. The van der Waals surface area contributed by atoms with E-state index in [1.807, 2.05) is 54.6 Å². The highest BCUT2D eigenvalue weighted by Gasteiger charge is 2.09. The molecule has 7 heteroatoms. The van der Waals surface area contributed by atoms with Gasteiger partial charge in [-0.25, -0.2) is 0 Å². The fourth-order valence-corrected chi connectivity index (χ4v) is 3.38. The number of halogens is 2. The predicted octanol–water partition coefficient (Wildman–Crippen LogP) is 5.74. The first kappa shape index (κ1) is 21.0. The summed E-state index contributed by atoms with van der Waals surface area (Å²) in [6.07, 6.45) is 0. The molecule has 2 N–H and O–H groups in total. The van der Waals surface area contributed by atoms with E-state index in [1.165, 1.54) is 0 Å². The van der Waals surface area contributed by atoms with Crippen molar-refractivity contribution in [2.24, 2.45) is 0 Å². The van der Waals surface area contributed by atoms with Crippen molar-refractivity contribution < 1.29 is 14.3 Å². The molecule has 1 amide bonds. The van der Waals surface area contributed by atoms with E-state index in [-0.39, 0.29) is 12.5 Å². The fourth-order valence-electron chi connectivity index (χ4n) is 2.65. The van der Waals surface area contributed by atoms with E-state index in [9.17, 15) is 4.79 Å². The molecule has 5 nitrogen and oxygen atoms in total. The molecule has 0 bridgehead atoms. The lowest BCUT2D eigenvalue weighted by atomic mass is 10.2. The highest BCUT2D eigenvalue weighted by molar-refractivity contribution is 9.10. The third-order valence-electron chi connectivity index (χ3n) is 4.06. The average Bonchev–Trinajstić information content (AvgIpc) is 2.72. The van der Waals surface area contributed by atoms with Crippen LogP contribution in [0.2, 0.25) is 5.02 Å². The minimum Gasteiger partial charge on any atom is -0.495 e. The number of methoxy groups -OCH3 is 1. The van der Waals surface area contributed by atoms with Crippen molar-refractivity contribution in [1.29, 1.82) is 0 Å². The second-order valence-corrected chi connectivity index (χ2v) is 7.46. The second-order valence-electron chi connectivity index (χ2n) is 6.17.